The van der Waals surface area contributed by atoms with Crippen LogP contribution in [0.4, 0.5) is 9.57 Å². The van der Waals surface area contributed by atoms with E-state index < -0.39 is 0 Å². The normalized spacial score (nSPS) is 10.3. The molecule has 1 rings (SSSR count). The second-order valence-electron chi connectivity index (χ2n) is 2.96. The highest BCUT2D eigenvalue weighted by atomic mass is 32.2. The minimum absolute atomic E-state index is 0.119. The Morgan fingerprint density at radius 3 is 2.25 bits per heavy atom. The van der Waals surface area contributed by atoms with E-state index in [1.807, 2.05) is 24.3 Å². The minimum Gasteiger partial charge on any atom is -0.302 e. The van der Waals surface area contributed by atoms with E-state index in [-0.39, 0.29) is 12.3 Å². The zero-order chi connectivity index (χ0) is 8.97. The van der Waals surface area contributed by atoms with E-state index in [1.165, 1.54) is 5.56 Å². The van der Waals surface area contributed by atoms with Crippen LogP contribution in [-0.2, 0) is 0 Å². The number of hydrogen-bond acceptors (Lipinski definition) is 2. The van der Waals surface area contributed by atoms with E-state index in [2.05, 4.69) is 18.6 Å². The van der Waals surface area contributed by atoms with E-state index in [0.29, 0.717) is 5.92 Å². The molecule has 1 aromatic carbocycles. The zero-order valence-corrected chi connectivity index (χ0v) is 7.99. The number of nitrogens with one attached hydrogen (secondary N) is 1. The van der Waals surface area contributed by atoms with Gasteiger partial charge in [0.25, 0.3) is 0 Å². The summed E-state index contributed by atoms with van der Waals surface area (Å²) in [5.74, 6) is 0.525. The van der Waals surface area contributed by atoms with E-state index in [4.69, 9.17) is 0 Å². The number of hydrogen-bond donors (Lipinski definition) is 1. The lowest BCUT2D eigenvalue weighted by Crippen LogP contribution is -1.87. The summed E-state index contributed by atoms with van der Waals surface area (Å²) >= 11 is 0.119. The highest BCUT2D eigenvalue weighted by Gasteiger charge is 1.97. The molecule has 0 fully saturated rings. The summed E-state index contributed by atoms with van der Waals surface area (Å²) in [6, 6.07) is 7.76. The maximum Gasteiger partial charge on any atom is 0.162 e. The van der Waals surface area contributed by atoms with Gasteiger partial charge in [-0.15, -0.1) is 3.89 Å². The van der Waals surface area contributed by atoms with E-state index in [1.54, 1.807) is 0 Å². The molecule has 0 amide bonds. The molecule has 0 spiro atoms. The van der Waals surface area contributed by atoms with Crippen LogP contribution < -0.4 is 4.72 Å². The van der Waals surface area contributed by atoms with E-state index in [0.717, 1.165) is 5.69 Å². The Bertz CT molecular complexity index is 233. The van der Waals surface area contributed by atoms with Crippen molar-refractivity contribution in [2.75, 3.05) is 4.72 Å². The highest BCUT2D eigenvalue weighted by molar-refractivity contribution is 7.95. The van der Waals surface area contributed by atoms with E-state index >= 15 is 0 Å². The topological polar surface area (TPSA) is 12.0 Å². The smallest absolute Gasteiger partial charge is 0.162 e. The highest BCUT2D eigenvalue weighted by Crippen LogP contribution is 2.18. The first-order valence-electron chi connectivity index (χ1n) is 3.87. The van der Waals surface area contributed by atoms with Gasteiger partial charge in [0, 0.05) is 5.69 Å². The third-order valence-electron chi connectivity index (χ3n) is 1.73. The first-order chi connectivity index (χ1) is 5.74. The molecule has 12 heavy (non-hydrogen) atoms. The molecule has 66 valence electrons. The van der Waals surface area contributed by atoms with Crippen LogP contribution in [0.25, 0.3) is 0 Å². The average molecular weight is 185 g/mol. The van der Waals surface area contributed by atoms with Gasteiger partial charge in [-0.2, -0.15) is 0 Å². The number of halogens is 1. The zero-order valence-electron chi connectivity index (χ0n) is 7.17. The summed E-state index contributed by atoms with van der Waals surface area (Å²) in [7, 11) is 0. The molecule has 3 heteroatoms. The summed E-state index contributed by atoms with van der Waals surface area (Å²) < 4.78 is 14.3. The summed E-state index contributed by atoms with van der Waals surface area (Å²) in [6.45, 7) is 4.26. The quantitative estimate of drug-likeness (QED) is 0.720. The molecule has 0 atom stereocenters. The van der Waals surface area contributed by atoms with Crippen LogP contribution in [0, 0.1) is 0 Å². The van der Waals surface area contributed by atoms with Crippen LogP contribution in [0.3, 0.4) is 0 Å². The summed E-state index contributed by atoms with van der Waals surface area (Å²) in [6.07, 6.45) is 0. The van der Waals surface area contributed by atoms with Gasteiger partial charge >= 0.3 is 0 Å². The van der Waals surface area contributed by atoms with Crippen molar-refractivity contribution in [2.24, 2.45) is 0 Å². The molecule has 0 aliphatic rings. The monoisotopic (exact) mass is 185 g/mol. The second kappa shape index (κ2) is 4.36. The van der Waals surface area contributed by atoms with Crippen LogP contribution in [0.2, 0.25) is 0 Å². The molecule has 0 aromatic heterocycles. The van der Waals surface area contributed by atoms with Gasteiger partial charge in [0.1, 0.15) is 0 Å². The number of anilines is 1. The largest absolute Gasteiger partial charge is 0.302 e. The molecule has 0 radical (unpaired) electrons. The lowest BCUT2D eigenvalue weighted by Gasteiger charge is -2.05. The Balaban J connectivity index is 2.71. The Hall–Kier alpha value is -0.700. The maximum absolute atomic E-state index is 11.7. The van der Waals surface area contributed by atoms with Gasteiger partial charge < -0.3 is 4.72 Å². The fourth-order valence-corrected chi connectivity index (χ4v) is 1.21. The molecule has 0 aliphatic heterocycles. The summed E-state index contributed by atoms with van der Waals surface area (Å²) in [5, 5.41) is 0. The Morgan fingerprint density at radius 2 is 1.83 bits per heavy atom. The molecule has 0 unspecified atom stereocenters. The second-order valence-corrected chi connectivity index (χ2v) is 3.31. The van der Waals surface area contributed by atoms with Gasteiger partial charge in [-0.05, 0) is 23.6 Å². The third-order valence-corrected chi connectivity index (χ3v) is 2.05. The molecule has 0 saturated heterocycles. The van der Waals surface area contributed by atoms with Crippen LogP contribution >= 0.6 is 12.3 Å². The maximum atomic E-state index is 11.7. The molecular formula is C9H12FNS. The molecule has 1 nitrogen and oxygen atoms in total. The minimum atomic E-state index is 0.119. The van der Waals surface area contributed by atoms with Gasteiger partial charge in [-0.1, -0.05) is 26.0 Å². The standard InChI is InChI=1S/C9H12FNS/c1-7(2)8-3-5-9(6-4-8)11-12-10/h3-7,11H,1-2H3. The fraction of sp³-hybridized carbons (Fsp3) is 0.333. The van der Waals surface area contributed by atoms with Crippen LogP contribution in [0.1, 0.15) is 25.3 Å². The SMILES string of the molecule is CC(C)c1ccc(NSF)cc1. The summed E-state index contributed by atoms with van der Waals surface area (Å²) in [5.41, 5.74) is 2.07. The molecule has 0 aliphatic carbocycles. The molecular weight excluding hydrogens is 173 g/mol. The van der Waals surface area contributed by atoms with Crippen molar-refractivity contribution in [3.05, 3.63) is 29.8 Å². The number of benzene rings is 1. The predicted octanol–water partition coefficient (Wildman–Crippen LogP) is 3.75. The molecule has 1 aromatic rings. The molecule has 0 bridgehead atoms. The molecule has 1 N–H and O–H groups in total. The first kappa shape index (κ1) is 9.39. The van der Waals surface area contributed by atoms with Gasteiger partial charge in [-0.3, -0.25) is 0 Å². The van der Waals surface area contributed by atoms with Gasteiger partial charge in [-0.25, -0.2) is 0 Å². The van der Waals surface area contributed by atoms with Crippen molar-refractivity contribution < 1.29 is 3.89 Å². The lowest BCUT2D eigenvalue weighted by atomic mass is 10.0. The van der Waals surface area contributed by atoms with E-state index in [9.17, 15) is 3.89 Å². The average Bonchev–Trinajstić information content (AvgIpc) is 2.06. The summed E-state index contributed by atoms with van der Waals surface area (Å²) in [4.78, 5) is 0. The lowest BCUT2D eigenvalue weighted by molar-refractivity contribution is 0.867. The Morgan fingerprint density at radius 1 is 1.25 bits per heavy atom. The van der Waals surface area contributed by atoms with Crippen molar-refractivity contribution in [2.45, 2.75) is 19.8 Å². The Labute approximate surface area is 76.8 Å². The fourth-order valence-electron chi connectivity index (χ4n) is 0.981. The van der Waals surface area contributed by atoms with Crippen LogP contribution in [0.15, 0.2) is 24.3 Å². The predicted molar refractivity (Wildman–Crippen MR) is 52.9 cm³/mol. The first-order valence-corrected chi connectivity index (χ1v) is 4.59. The number of rotatable bonds is 3. The van der Waals surface area contributed by atoms with Crippen LogP contribution in [-0.4, -0.2) is 0 Å². The van der Waals surface area contributed by atoms with Crippen LogP contribution in [0.5, 0.6) is 0 Å². The molecule has 0 heterocycles. The van der Waals surface area contributed by atoms with Gasteiger partial charge in [0.15, 0.2) is 12.3 Å². The van der Waals surface area contributed by atoms with Crippen molar-refractivity contribution >= 4 is 18.0 Å². The van der Waals surface area contributed by atoms with Crippen molar-refractivity contribution in [1.29, 1.82) is 0 Å². The van der Waals surface area contributed by atoms with Crippen molar-refractivity contribution in [1.82, 2.24) is 0 Å². The Kier molecular flexibility index (Phi) is 3.41. The van der Waals surface area contributed by atoms with Gasteiger partial charge in [0.2, 0.25) is 0 Å². The molecule has 0 saturated carbocycles. The third kappa shape index (κ3) is 2.41. The van der Waals surface area contributed by atoms with Gasteiger partial charge in [0.05, 0.1) is 0 Å². The van der Waals surface area contributed by atoms with Crippen molar-refractivity contribution in [3.8, 4) is 0 Å². The van der Waals surface area contributed by atoms with Crippen molar-refractivity contribution in [3.63, 3.8) is 0 Å².